The number of hydrogen-bond donors (Lipinski definition) is 0. The number of rotatable bonds is 8. The molecule has 0 saturated heterocycles. The Morgan fingerprint density at radius 1 is 0.259 bits per heavy atom. The molecule has 0 N–H and O–H groups in total. The van der Waals surface area contributed by atoms with Gasteiger partial charge in [0.25, 0.3) is 0 Å². The molecular weight excluding hydrogens is 989 g/mol. The van der Waals surface area contributed by atoms with E-state index in [1.54, 1.807) is 0 Å². The smallest absolute Gasteiger partial charge is 0.161 e. The van der Waals surface area contributed by atoms with E-state index in [1.165, 1.54) is 10.8 Å². The van der Waals surface area contributed by atoms with E-state index in [4.69, 9.17) is 34.9 Å². The first kappa shape index (κ1) is 46.0. The SMILES string of the molecule is c1ccc(-c2cc(-c3cc(-c4cc(-c5ccccc5)nc(-c5cc6ccccc6c6ccccc56)n4)cc(-c4nc5c6cccnc6c6ncccc6c5n4-c4ccccc4)c3)nc(-c3cc4ccccc4c4ccccc34)n2)cc1. The summed E-state index contributed by atoms with van der Waals surface area (Å²) < 4.78 is 2.28. The van der Waals surface area contributed by atoms with E-state index in [-0.39, 0.29) is 0 Å². The van der Waals surface area contributed by atoms with Crippen LogP contribution < -0.4 is 0 Å². The van der Waals surface area contributed by atoms with Gasteiger partial charge in [0.05, 0.1) is 44.8 Å². The van der Waals surface area contributed by atoms with Crippen molar-refractivity contribution in [2.45, 2.75) is 0 Å². The molecule has 0 amide bonds. The van der Waals surface area contributed by atoms with Gasteiger partial charge in [0.2, 0.25) is 0 Å². The maximum atomic E-state index is 5.72. The molecule has 16 rings (SSSR count). The molecule has 0 radical (unpaired) electrons. The number of para-hydroxylation sites is 1. The standard InChI is InChI=1S/C73H44N8/c1-4-20-45(21-5-1)63-43-65(78-71(76-63)61-41-47-24-10-12-28-53(47)55-30-14-16-32-57(55)61)49-38-50(66-44-64(46-22-6-2-7-23-46)77-72(79-66)62-42-48-25-11-13-29-54(48)56-31-15-17-33-58(56)62)40-51(39-49)73-80-69-59-34-18-36-74-67(59)68-60(35-19-37-75-68)70(69)81(73)52-26-8-3-9-27-52/h1-44H. The van der Waals surface area contributed by atoms with Crippen molar-refractivity contribution in [1.82, 2.24) is 39.5 Å². The molecule has 0 atom stereocenters. The maximum absolute atomic E-state index is 5.72. The molecule has 81 heavy (non-hydrogen) atoms. The van der Waals surface area contributed by atoms with Gasteiger partial charge in [0.1, 0.15) is 5.82 Å². The average molecular weight is 1030 g/mol. The molecule has 0 fully saturated rings. The lowest BCUT2D eigenvalue weighted by Gasteiger charge is -2.16. The molecule has 8 heteroatoms. The lowest BCUT2D eigenvalue weighted by Crippen LogP contribution is -2.01. The van der Waals surface area contributed by atoms with E-state index in [0.717, 1.165) is 138 Å². The number of nitrogens with zero attached hydrogens (tertiary/aromatic N) is 8. The summed E-state index contributed by atoms with van der Waals surface area (Å²) in [5.74, 6) is 1.97. The Kier molecular flexibility index (Phi) is 10.7. The van der Waals surface area contributed by atoms with Gasteiger partial charge in [0.15, 0.2) is 11.6 Å². The zero-order chi connectivity index (χ0) is 53.4. The minimum atomic E-state index is 0.619. The molecule has 16 aromatic rings. The van der Waals surface area contributed by atoms with Crippen LogP contribution in [0.4, 0.5) is 0 Å². The minimum Gasteiger partial charge on any atom is -0.292 e. The summed E-state index contributed by atoms with van der Waals surface area (Å²) in [5.41, 5.74) is 13.8. The van der Waals surface area contributed by atoms with Gasteiger partial charge >= 0.3 is 0 Å². The van der Waals surface area contributed by atoms with Gasteiger partial charge in [-0.05, 0) is 122 Å². The molecule has 0 bridgehead atoms. The van der Waals surface area contributed by atoms with Crippen LogP contribution >= 0.6 is 0 Å². The highest BCUT2D eigenvalue weighted by Crippen LogP contribution is 2.43. The Morgan fingerprint density at radius 3 is 1.17 bits per heavy atom. The zero-order valence-electron chi connectivity index (χ0n) is 43.5. The quantitative estimate of drug-likeness (QED) is 0.140. The third kappa shape index (κ3) is 7.80. The second kappa shape index (κ2) is 18.8. The van der Waals surface area contributed by atoms with Crippen LogP contribution in [0.5, 0.6) is 0 Å². The van der Waals surface area contributed by atoms with Crippen LogP contribution in [0.25, 0.3) is 161 Å². The number of fused-ring (bicyclic) bond motifs is 12. The Morgan fingerprint density at radius 2 is 0.654 bits per heavy atom. The molecule has 8 nitrogen and oxygen atoms in total. The van der Waals surface area contributed by atoms with Crippen LogP contribution in [0.3, 0.4) is 0 Å². The van der Waals surface area contributed by atoms with Crippen LogP contribution in [-0.2, 0) is 0 Å². The largest absolute Gasteiger partial charge is 0.292 e. The van der Waals surface area contributed by atoms with Gasteiger partial charge in [-0.1, -0.05) is 176 Å². The second-order valence-corrected chi connectivity index (χ2v) is 20.4. The van der Waals surface area contributed by atoms with E-state index in [1.807, 2.05) is 42.7 Å². The molecule has 11 aromatic carbocycles. The Balaban J connectivity index is 1.02. The van der Waals surface area contributed by atoms with Crippen LogP contribution in [0.2, 0.25) is 0 Å². The summed E-state index contributed by atoms with van der Waals surface area (Å²) in [6.45, 7) is 0. The molecule has 0 saturated carbocycles. The lowest BCUT2D eigenvalue weighted by molar-refractivity contribution is 1.10. The number of aromatic nitrogens is 8. The van der Waals surface area contributed by atoms with E-state index in [2.05, 4.69) is 229 Å². The predicted octanol–water partition coefficient (Wildman–Crippen LogP) is 18.0. The Bertz CT molecular complexity index is 4950. The Hall–Kier alpha value is -11.1. The molecule has 0 aliphatic carbocycles. The second-order valence-electron chi connectivity index (χ2n) is 20.4. The Labute approximate surface area is 465 Å². The summed E-state index contributed by atoms with van der Waals surface area (Å²) in [7, 11) is 0. The van der Waals surface area contributed by atoms with E-state index in [9.17, 15) is 0 Å². The first-order valence-corrected chi connectivity index (χ1v) is 27.1. The number of pyridine rings is 2. The predicted molar refractivity (Wildman–Crippen MR) is 331 cm³/mol. The lowest BCUT2D eigenvalue weighted by atomic mass is 9.95. The summed E-state index contributed by atoms with van der Waals surface area (Å²) in [4.78, 5) is 37.7. The van der Waals surface area contributed by atoms with Gasteiger partial charge in [-0.3, -0.25) is 14.5 Å². The molecule has 0 unspecified atom stereocenters. The van der Waals surface area contributed by atoms with Gasteiger partial charge in [-0.15, -0.1) is 0 Å². The summed E-state index contributed by atoms with van der Waals surface area (Å²) in [6, 6.07) is 89.0. The van der Waals surface area contributed by atoms with E-state index in [0.29, 0.717) is 11.6 Å². The van der Waals surface area contributed by atoms with Gasteiger partial charge in [0, 0.05) is 67.8 Å². The molecular formula is C73H44N8. The van der Waals surface area contributed by atoms with Crippen molar-refractivity contribution in [3.63, 3.8) is 0 Å². The highest BCUT2D eigenvalue weighted by Gasteiger charge is 2.24. The third-order valence-electron chi connectivity index (χ3n) is 15.6. The van der Waals surface area contributed by atoms with Gasteiger partial charge in [-0.2, -0.15) is 0 Å². The first-order valence-electron chi connectivity index (χ1n) is 27.1. The van der Waals surface area contributed by atoms with Crippen molar-refractivity contribution in [2.75, 3.05) is 0 Å². The molecule has 5 heterocycles. The van der Waals surface area contributed by atoms with E-state index < -0.39 is 0 Å². The van der Waals surface area contributed by atoms with Crippen LogP contribution in [0, 0.1) is 0 Å². The fraction of sp³-hybridized carbons (Fsp3) is 0. The molecule has 0 spiro atoms. The molecule has 376 valence electrons. The monoisotopic (exact) mass is 1030 g/mol. The normalized spacial score (nSPS) is 11.7. The zero-order valence-corrected chi connectivity index (χ0v) is 43.5. The third-order valence-corrected chi connectivity index (χ3v) is 15.6. The minimum absolute atomic E-state index is 0.619. The number of benzene rings is 11. The van der Waals surface area contributed by atoms with Crippen molar-refractivity contribution >= 4 is 75.9 Å². The van der Waals surface area contributed by atoms with Crippen molar-refractivity contribution in [3.05, 3.63) is 267 Å². The number of imidazole rings is 1. The van der Waals surface area contributed by atoms with Gasteiger partial charge < -0.3 is 0 Å². The fourth-order valence-electron chi connectivity index (χ4n) is 11.9. The molecule has 0 aliphatic heterocycles. The van der Waals surface area contributed by atoms with E-state index >= 15 is 0 Å². The highest BCUT2D eigenvalue weighted by molar-refractivity contribution is 6.22. The highest BCUT2D eigenvalue weighted by atomic mass is 15.1. The summed E-state index contributed by atoms with van der Waals surface area (Å²) in [5, 5.41) is 10.9. The van der Waals surface area contributed by atoms with Crippen molar-refractivity contribution < 1.29 is 0 Å². The van der Waals surface area contributed by atoms with Gasteiger partial charge in [-0.25, -0.2) is 24.9 Å². The average Bonchev–Trinajstić information content (AvgIpc) is 4.07. The number of hydrogen-bond acceptors (Lipinski definition) is 7. The van der Waals surface area contributed by atoms with Crippen molar-refractivity contribution in [1.29, 1.82) is 0 Å². The van der Waals surface area contributed by atoms with Crippen LogP contribution in [0.15, 0.2) is 267 Å². The van der Waals surface area contributed by atoms with Crippen LogP contribution in [0.1, 0.15) is 0 Å². The van der Waals surface area contributed by atoms with Crippen LogP contribution in [-0.4, -0.2) is 39.5 Å². The molecule has 5 aromatic heterocycles. The fourth-order valence-corrected chi connectivity index (χ4v) is 11.9. The van der Waals surface area contributed by atoms with Crippen molar-refractivity contribution in [2.24, 2.45) is 0 Å². The topological polar surface area (TPSA) is 95.2 Å². The summed E-state index contributed by atoms with van der Waals surface area (Å²) >= 11 is 0. The summed E-state index contributed by atoms with van der Waals surface area (Å²) in [6.07, 6.45) is 3.66. The van der Waals surface area contributed by atoms with Crippen molar-refractivity contribution in [3.8, 4) is 84.9 Å². The maximum Gasteiger partial charge on any atom is 0.161 e. The first-order chi connectivity index (χ1) is 40.1. The molecule has 0 aliphatic rings.